The zero-order chi connectivity index (χ0) is 11.4. The molecule has 0 saturated carbocycles. The van der Waals surface area contributed by atoms with Gasteiger partial charge < -0.3 is 10.2 Å². The van der Waals surface area contributed by atoms with Crippen molar-refractivity contribution < 1.29 is 0 Å². The van der Waals surface area contributed by atoms with Gasteiger partial charge in [0.1, 0.15) is 0 Å². The van der Waals surface area contributed by atoms with Crippen molar-refractivity contribution in [2.75, 3.05) is 19.0 Å². The highest BCUT2D eigenvalue weighted by Crippen LogP contribution is 2.26. The monoisotopic (exact) mass is 227 g/mol. The standard InChI is InChI=1S/C11H21N3S/c1-6-8(2)14(5)11-13-9(3)10(15-11)7-12-4/h8,12H,6-7H2,1-5H3. The maximum Gasteiger partial charge on any atom is 0.185 e. The highest BCUT2D eigenvalue weighted by atomic mass is 32.1. The van der Waals surface area contributed by atoms with Gasteiger partial charge in [0.05, 0.1) is 5.69 Å². The highest BCUT2D eigenvalue weighted by molar-refractivity contribution is 7.15. The van der Waals surface area contributed by atoms with Gasteiger partial charge in [-0.05, 0) is 27.3 Å². The van der Waals surface area contributed by atoms with Gasteiger partial charge in [0.25, 0.3) is 0 Å². The summed E-state index contributed by atoms with van der Waals surface area (Å²) >= 11 is 1.79. The van der Waals surface area contributed by atoms with Crippen LogP contribution in [0.4, 0.5) is 5.13 Å². The molecule has 0 aliphatic carbocycles. The molecule has 1 unspecified atom stereocenters. The second-order valence-electron chi connectivity index (χ2n) is 3.90. The number of hydrogen-bond acceptors (Lipinski definition) is 4. The minimum atomic E-state index is 0.554. The van der Waals surface area contributed by atoms with E-state index in [9.17, 15) is 0 Å². The molecule has 0 radical (unpaired) electrons. The van der Waals surface area contributed by atoms with Crippen molar-refractivity contribution >= 4 is 16.5 Å². The average Bonchev–Trinajstić information content (AvgIpc) is 2.59. The first-order valence-corrected chi connectivity index (χ1v) is 6.25. The van der Waals surface area contributed by atoms with Gasteiger partial charge >= 0.3 is 0 Å². The molecule has 3 nitrogen and oxygen atoms in total. The predicted molar refractivity (Wildman–Crippen MR) is 67.8 cm³/mol. The smallest absolute Gasteiger partial charge is 0.185 e. The number of nitrogens with zero attached hydrogens (tertiary/aromatic N) is 2. The Bertz CT molecular complexity index is 309. The lowest BCUT2D eigenvalue weighted by Gasteiger charge is -2.22. The summed E-state index contributed by atoms with van der Waals surface area (Å²) in [6, 6.07) is 0.554. The Morgan fingerprint density at radius 2 is 2.20 bits per heavy atom. The molecule has 1 aromatic rings. The van der Waals surface area contributed by atoms with Crippen LogP contribution in [0.15, 0.2) is 0 Å². The van der Waals surface area contributed by atoms with E-state index in [-0.39, 0.29) is 0 Å². The van der Waals surface area contributed by atoms with Crippen LogP contribution in [0.2, 0.25) is 0 Å². The summed E-state index contributed by atoms with van der Waals surface area (Å²) in [7, 11) is 4.09. The van der Waals surface area contributed by atoms with Gasteiger partial charge in [0.2, 0.25) is 0 Å². The van der Waals surface area contributed by atoms with Gasteiger partial charge in [-0.25, -0.2) is 4.98 Å². The van der Waals surface area contributed by atoms with Crippen molar-refractivity contribution in [2.24, 2.45) is 0 Å². The van der Waals surface area contributed by atoms with Crippen LogP contribution in [0, 0.1) is 6.92 Å². The lowest BCUT2D eigenvalue weighted by molar-refractivity contribution is 0.661. The third-order valence-corrected chi connectivity index (χ3v) is 4.02. The summed E-state index contributed by atoms with van der Waals surface area (Å²) in [4.78, 5) is 8.20. The molecule has 0 aliphatic heterocycles. The van der Waals surface area contributed by atoms with Crippen LogP contribution in [0.1, 0.15) is 30.8 Å². The van der Waals surface area contributed by atoms with Crippen molar-refractivity contribution in [3.63, 3.8) is 0 Å². The zero-order valence-corrected chi connectivity index (χ0v) is 11.1. The third kappa shape index (κ3) is 2.92. The molecule has 1 heterocycles. The lowest BCUT2D eigenvalue weighted by atomic mass is 10.2. The van der Waals surface area contributed by atoms with Crippen molar-refractivity contribution in [2.45, 2.75) is 39.8 Å². The summed E-state index contributed by atoms with van der Waals surface area (Å²) in [5.41, 5.74) is 1.15. The number of rotatable bonds is 5. The van der Waals surface area contributed by atoms with E-state index in [2.05, 4.69) is 43.0 Å². The van der Waals surface area contributed by atoms with Crippen LogP contribution in [-0.2, 0) is 6.54 Å². The van der Waals surface area contributed by atoms with E-state index < -0.39 is 0 Å². The van der Waals surface area contributed by atoms with Crippen LogP contribution in [0.25, 0.3) is 0 Å². The van der Waals surface area contributed by atoms with Crippen molar-refractivity contribution in [1.82, 2.24) is 10.3 Å². The molecule has 1 aromatic heterocycles. The number of thiazole rings is 1. The zero-order valence-electron chi connectivity index (χ0n) is 10.3. The molecule has 1 atom stereocenters. The maximum atomic E-state index is 4.60. The molecule has 0 aromatic carbocycles. The molecule has 0 saturated heterocycles. The van der Waals surface area contributed by atoms with Crippen molar-refractivity contribution in [3.05, 3.63) is 10.6 Å². The van der Waals surface area contributed by atoms with Gasteiger partial charge in [0.15, 0.2) is 5.13 Å². The van der Waals surface area contributed by atoms with Gasteiger partial charge in [-0.3, -0.25) is 0 Å². The number of anilines is 1. The molecular weight excluding hydrogens is 206 g/mol. The molecule has 0 amide bonds. The molecule has 0 spiro atoms. The van der Waals surface area contributed by atoms with E-state index in [4.69, 9.17) is 0 Å². The summed E-state index contributed by atoms with van der Waals surface area (Å²) in [5, 5.41) is 4.30. The second kappa shape index (κ2) is 5.47. The highest BCUT2D eigenvalue weighted by Gasteiger charge is 2.14. The Morgan fingerprint density at radius 1 is 1.53 bits per heavy atom. The summed E-state index contributed by atoms with van der Waals surface area (Å²) < 4.78 is 0. The summed E-state index contributed by atoms with van der Waals surface area (Å²) in [5.74, 6) is 0. The van der Waals surface area contributed by atoms with Crippen LogP contribution in [0.3, 0.4) is 0 Å². The van der Waals surface area contributed by atoms with Gasteiger partial charge in [-0.1, -0.05) is 6.92 Å². The predicted octanol–water partition coefficient (Wildman–Crippen LogP) is 2.41. The Balaban J connectivity index is 2.81. The quantitative estimate of drug-likeness (QED) is 0.837. The Hall–Kier alpha value is -0.610. The van der Waals surface area contributed by atoms with Gasteiger partial charge in [0, 0.05) is 24.5 Å². The van der Waals surface area contributed by atoms with E-state index in [0.29, 0.717) is 6.04 Å². The molecule has 1 N–H and O–H groups in total. The topological polar surface area (TPSA) is 28.2 Å². The first-order chi connectivity index (χ1) is 7.10. The van der Waals surface area contributed by atoms with Crippen LogP contribution >= 0.6 is 11.3 Å². The first-order valence-electron chi connectivity index (χ1n) is 5.43. The van der Waals surface area contributed by atoms with Gasteiger partial charge in [-0.2, -0.15) is 0 Å². The molecular formula is C11H21N3S. The fourth-order valence-electron chi connectivity index (χ4n) is 1.35. The molecule has 0 aliphatic rings. The number of nitrogens with one attached hydrogen (secondary N) is 1. The average molecular weight is 227 g/mol. The van der Waals surface area contributed by atoms with E-state index in [1.165, 1.54) is 4.88 Å². The SMILES string of the molecule is CCC(C)N(C)c1nc(C)c(CNC)s1. The van der Waals surface area contributed by atoms with Crippen LogP contribution in [-0.4, -0.2) is 25.1 Å². The molecule has 4 heteroatoms. The van der Waals surface area contributed by atoms with E-state index >= 15 is 0 Å². The Labute approximate surface area is 96.5 Å². The molecule has 1 rings (SSSR count). The Kier molecular flexibility index (Phi) is 4.54. The van der Waals surface area contributed by atoms with Crippen LogP contribution < -0.4 is 10.2 Å². The minimum absolute atomic E-state index is 0.554. The normalized spacial score (nSPS) is 12.9. The fourth-order valence-corrected chi connectivity index (χ4v) is 2.49. The lowest BCUT2D eigenvalue weighted by Crippen LogP contribution is -2.27. The van der Waals surface area contributed by atoms with E-state index in [0.717, 1.165) is 23.8 Å². The molecule has 15 heavy (non-hydrogen) atoms. The van der Waals surface area contributed by atoms with Gasteiger partial charge in [-0.15, -0.1) is 11.3 Å². The number of aryl methyl sites for hydroxylation is 1. The Morgan fingerprint density at radius 3 is 2.73 bits per heavy atom. The molecule has 0 fully saturated rings. The van der Waals surface area contributed by atoms with E-state index in [1.807, 2.05) is 7.05 Å². The number of aromatic nitrogens is 1. The summed E-state index contributed by atoms with van der Waals surface area (Å²) in [6.45, 7) is 7.43. The van der Waals surface area contributed by atoms with Crippen molar-refractivity contribution in [1.29, 1.82) is 0 Å². The largest absolute Gasteiger partial charge is 0.348 e. The summed E-state index contributed by atoms with van der Waals surface area (Å²) in [6.07, 6.45) is 1.15. The molecule has 86 valence electrons. The second-order valence-corrected chi connectivity index (χ2v) is 4.97. The number of hydrogen-bond donors (Lipinski definition) is 1. The first kappa shape index (κ1) is 12.5. The maximum absolute atomic E-state index is 4.60. The fraction of sp³-hybridized carbons (Fsp3) is 0.727. The minimum Gasteiger partial charge on any atom is -0.348 e. The van der Waals surface area contributed by atoms with E-state index in [1.54, 1.807) is 11.3 Å². The third-order valence-electron chi connectivity index (χ3n) is 2.77. The van der Waals surface area contributed by atoms with Crippen molar-refractivity contribution in [3.8, 4) is 0 Å². The molecule has 0 bridgehead atoms. The van der Waals surface area contributed by atoms with Crippen LogP contribution in [0.5, 0.6) is 0 Å².